The summed E-state index contributed by atoms with van der Waals surface area (Å²) >= 11 is 3.38. The summed E-state index contributed by atoms with van der Waals surface area (Å²) in [6.07, 6.45) is 0.662. The molecule has 0 bridgehead atoms. The maximum atomic E-state index is 10.7. The van der Waals surface area contributed by atoms with E-state index in [9.17, 15) is 4.79 Å². The van der Waals surface area contributed by atoms with Gasteiger partial charge in [0.15, 0.2) is 5.75 Å². The minimum absolute atomic E-state index is 0.387. The lowest BCUT2D eigenvalue weighted by Gasteiger charge is -2.07. The van der Waals surface area contributed by atoms with Crippen LogP contribution in [0.2, 0.25) is 0 Å². The maximum Gasteiger partial charge on any atom is 0.410 e. The molecule has 5 heteroatoms. The first kappa shape index (κ1) is 10.9. The third-order valence-electron chi connectivity index (χ3n) is 2.26. The maximum absolute atomic E-state index is 10.7. The fraction of sp³-hybridized carbons (Fsp3) is 0.0909. The van der Waals surface area contributed by atoms with Gasteiger partial charge in [0.2, 0.25) is 0 Å². The zero-order valence-electron chi connectivity index (χ0n) is 8.53. The number of carbonyl (C=O) groups is 1. The molecular formula is C11H9BrN2O2. The second kappa shape index (κ2) is 4.09. The number of nitrogens with two attached hydrogens (primary N) is 1. The Balaban J connectivity index is 2.63. The van der Waals surface area contributed by atoms with E-state index < -0.39 is 6.09 Å². The number of rotatable bonds is 1. The Morgan fingerprint density at radius 3 is 2.94 bits per heavy atom. The van der Waals surface area contributed by atoms with Gasteiger partial charge >= 0.3 is 6.09 Å². The zero-order chi connectivity index (χ0) is 11.7. The molecule has 0 fully saturated rings. The Morgan fingerprint density at radius 2 is 2.25 bits per heavy atom. The lowest BCUT2D eigenvalue weighted by molar-refractivity contribution is 0.210. The number of benzene rings is 1. The molecule has 4 nitrogen and oxygen atoms in total. The van der Waals surface area contributed by atoms with Gasteiger partial charge in [-0.25, -0.2) is 4.79 Å². The lowest BCUT2D eigenvalue weighted by atomic mass is 10.1. The number of primary amides is 1. The fourth-order valence-corrected chi connectivity index (χ4v) is 1.85. The molecular weight excluding hydrogens is 272 g/mol. The Labute approximate surface area is 101 Å². The smallest absolute Gasteiger partial charge is 0.409 e. The molecule has 0 radical (unpaired) electrons. The number of ether oxygens (including phenoxy) is 1. The van der Waals surface area contributed by atoms with Gasteiger partial charge in [0, 0.05) is 15.4 Å². The fourth-order valence-electron chi connectivity index (χ4n) is 1.49. The SMILES string of the molecule is Cc1c(OC(N)=O)cnc2ccc(Br)cc12. The first-order valence-corrected chi connectivity index (χ1v) is 5.39. The summed E-state index contributed by atoms with van der Waals surface area (Å²) in [7, 11) is 0. The first-order valence-electron chi connectivity index (χ1n) is 4.60. The number of aromatic nitrogens is 1. The molecule has 0 spiro atoms. The second-order valence-electron chi connectivity index (χ2n) is 3.33. The van der Waals surface area contributed by atoms with Crippen LogP contribution in [-0.2, 0) is 0 Å². The minimum Gasteiger partial charge on any atom is -0.409 e. The lowest BCUT2D eigenvalue weighted by Crippen LogP contribution is -2.17. The molecule has 0 saturated carbocycles. The molecule has 2 rings (SSSR count). The van der Waals surface area contributed by atoms with E-state index in [4.69, 9.17) is 10.5 Å². The predicted octanol–water partition coefficient (Wildman–Crippen LogP) is 2.76. The summed E-state index contributed by atoms with van der Waals surface area (Å²) in [4.78, 5) is 14.9. The Kier molecular flexibility index (Phi) is 2.78. The highest BCUT2D eigenvalue weighted by atomic mass is 79.9. The molecule has 82 valence electrons. The largest absolute Gasteiger partial charge is 0.410 e. The van der Waals surface area contributed by atoms with Crippen LogP contribution >= 0.6 is 15.9 Å². The van der Waals surface area contributed by atoms with Crippen molar-refractivity contribution in [3.63, 3.8) is 0 Å². The normalized spacial score (nSPS) is 10.4. The number of hydrogen-bond acceptors (Lipinski definition) is 3. The summed E-state index contributed by atoms with van der Waals surface area (Å²) in [6, 6.07) is 5.72. The number of nitrogens with zero attached hydrogens (tertiary/aromatic N) is 1. The molecule has 1 amide bonds. The summed E-state index contributed by atoms with van der Waals surface area (Å²) in [5, 5.41) is 0.924. The molecule has 0 unspecified atom stereocenters. The number of hydrogen-bond donors (Lipinski definition) is 1. The molecule has 1 heterocycles. The molecule has 0 saturated heterocycles. The Hall–Kier alpha value is -1.62. The number of halogens is 1. The van der Waals surface area contributed by atoms with E-state index in [1.165, 1.54) is 6.20 Å². The van der Waals surface area contributed by atoms with Crippen LogP contribution in [0.5, 0.6) is 5.75 Å². The molecule has 1 aromatic heterocycles. The van der Waals surface area contributed by atoms with Gasteiger partial charge < -0.3 is 10.5 Å². The zero-order valence-corrected chi connectivity index (χ0v) is 10.1. The van der Waals surface area contributed by atoms with E-state index in [0.717, 1.165) is 20.9 Å². The van der Waals surface area contributed by atoms with Crippen molar-refractivity contribution in [2.24, 2.45) is 5.73 Å². The predicted molar refractivity (Wildman–Crippen MR) is 64.4 cm³/mol. The molecule has 1 aromatic carbocycles. The molecule has 0 atom stereocenters. The monoisotopic (exact) mass is 280 g/mol. The van der Waals surface area contributed by atoms with E-state index in [1.54, 1.807) is 0 Å². The molecule has 2 N–H and O–H groups in total. The second-order valence-corrected chi connectivity index (χ2v) is 4.25. The van der Waals surface area contributed by atoms with Gasteiger partial charge in [-0.3, -0.25) is 4.98 Å². The number of pyridine rings is 1. The number of aryl methyl sites for hydroxylation is 1. The number of amides is 1. The van der Waals surface area contributed by atoms with E-state index in [0.29, 0.717) is 5.75 Å². The average Bonchev–Trinajstić information content (AvgIpc) is 2.22. The van der Waals surface area contributed by atoms with Crippen LogP contribution in [0.1, 0.15) is 5.56 Å². The molecule has 0 aliphatic heterocycles. The third kappa shape index (κ3) is 1.99. The summed E-state index contributed by atoms with van der Waals surface area (Å²) in [5.41, 5.74) is 6.65. The first-order chi connectivity index (χ1) is 7.58. The minimum atomic E-state index is -0.834. The van der Waals surface area contributed by atoms with Crippen LogP contribution in [-0.4, -0.2) is 11.1 Å². The van der Waals surface area contributed by atoms with Crippen molar-refractivity contribution >= 4 is 32.9 Å². The van der Waals surface area contributed by atoms with Crippen molar-refractivity contribution in [1.29, 1.82) is 0 Å². The van der Waals surface area contributed by atoms with Gasteiger partial charge in [0.1, 0.15) is 0 Å². The van der Waals surface area contributed by atoms with E-state index >= 15 is 0 Å². The highest BCUT2D eigenvalue weighted by molar-refractivity contribution is 9.10. The van der Waals surface area contributed by atoms with Gasteiger partial charge in [-0.15, -0.1) is 0 Å². The third-order valence-corrected chi connectivity index (χ3v) is 2.76. The Bertz CT molecular complexity index is 569. The van der Waals surface area contributed by atoms with Gasteiger partial charge in [-0.2, -0.15) is 0 Å². The number of carbonyl (C=O) groups excluding carboxylic acids is 1. The quantitative estimate of drug-likeness (QED) is 0.874. The van der Waals surface area contributed by atoms with Crippen molar-refractivity contribution in [3.05, 3.63) is 34.4 Å². The molecule has 0 aliphatic rings. The van der Waals surface area contributed by atoms with Crippen LogP contribution in [0.4, 0.5) is 4.79 Å². The number of fused-ring (bicyclic) bond motifs is 1. The molecule has 2 aromatic rings. The van der Waals surface area contributed by atoms with Crippen LogP contribution < -0.4 is 10.5 Å². The van der Waals surface area contributed by atoms with Crippen molar-refractivity contribution in [1.82, 2.24) is 4.98 Å². The van der Waals surface area contributed by atoms with Gasteiger partial charge in [0.25, 0.3) is 0 Å². The van der Waals surface area contributed by atoms with Gasteiger partial charge in [-0.05, 0) is 25.1 Å². The summed E-state index contributed by atoms with van der Waals surface area (Å²) in [5.74, 6) is 0.387. The van der Waals surface area contributed by atoms with Crippen molar-refractivity contribution in [2.75, 3.05) is 0 Å². The van der Waals surface area contributed by atoms with Crippen molar-refractivity contribution in [2.45, 2.75) is 6.92 Å². The van der Waals surface area contributed by atoms with E-state index in [-0.39, 0.29) is 0 Å². The van der Waals surface area contributed by atoms with E-state index in [1.807, 2.05) is 25.1 Å². The molecule has 0 aliphatic carbocycles. The topological polar surface area (TPSA) is 65.2 Å². The van der Waals surface area contributed by atoms with Crippen LogP contribution in [0.25, 0.3) is 10.9 Å². The highest BCUT2D eigenvalue weighted by Gasteiger charge is 2.08. The van der Waals surface area contributed by atoms with Crippen LogP contribution in [0.15, 0.2) is 28.9 Å². The Morgan fingerprint density at radius 1 is 1.50 bits per heavy atom. The van der Waals surface area contributed by atoms with Crippen LogP contribution in [0, 0.1) is 6.92 Å². The average molecular weight is 281 g/mol. The van der Waals surface area contributed by atoms with Crippen LogP contribution in [0.3, 0.4) is 0 Å². The van der Waals surface area contributed by atoms with Gasteiger partial charge in [0.05, 0.1) is 11.7 Å². The van der Waals surface area contributed by atoms with Crippen molar-refractivity contribution in [3.8, 4) is 5.75 Å². The van der Waals surface area contributed by atoms with Crippen molar-refractivity contribution < 1.29 is 9.53 Å². The molecule has 16 heavy (non-hydrogen) atoms. The van der Waals surface area contributed by atoms with Gasteiger partial charge in [-0.1, -0.05) is 15.9 Å². The summed E-state index contributed by atoms with van der Waals surface area (Å²) < 4.78 is 5.80. The summed E-state index contributed by atoms with van der Waals surface area (Å²) in [6.45, 7) is 1.86. The van der Waals surface area contributed by atoms with E-state index in [2.05, 4.69) is 20.9 Å². The standard InChI is InChI=1S/C11H9BrN2O2/c1-6-8-4-7(12)2-3-9(8)14-5-10(6)16-11(13)15/h2-5H,1H3,(H2,13,15). The highest BCUT2D eigenvalue weighted by Crippen LogP contribution is 2.27.